The molecule has 150 valence electrons. The van der Waals surface area contributed by atoms with Gasteiger partial charge in [-0.1, -0.05) is 13.3 Å². The van der Waals surface area contributed by atoms with Crippen molar-refractivity contribution in [3.8, 4) is 12.0 Å². The summed E-state index contributed by atoms with van der Waals surface area (Å²) in [6.07, 6.45) is 6.79. The van der Waals surface area contributed by atoms with E-state index in [2.05, 4.69) is 27.2 Å². The first-order valence-corrected chi connectivity index (χ1v) is 10.1. The van der Waals surface area contributed by atoms with Gasteiger partial charge in [-0.15, -0.1) is 0 Å². The minimum absolute atomic E-state index is 0.0463. The predicted molar refractivity (Wildman–Crippen MR) is 106 cm³/mol. The van der Waals surface area contributed by atoms with Crippen LogP contribution >= 0.6 is 0 Å². The fourth-order valence-electron chi connectivity index (χ4n) is 3.75. The molecule has 0 radical (unpaired) electrons. The summed E-state index contributed by atoms with van der Waals surface area (Å²) in [5, 5.41) is 3.42. The van der Waals surface area contributed by atoms with E-state index in [1.807, 2.05) is 11.5 Å². The topological polar surface area (TPSA) is 100 Å². The van der Waals surface area contributed by atoms with E-state index in [-0.39, 0.29) is 6.10 Å². The molecule has 27 heavy (non-hydrogen) atoms. The lowest BCUT2D eigenvalue weighted by Crippen LogP contribution is -2.27. The number of anilines is 1. The summed E-state index contributed by atoms with van der Waals surface area (Å²) < 4.78 is 13.3. The molecular formula is C19H32N6O2. The maximum atomic E-state index is 6.12. The molecule has 1 aliphatic heterocycles. The van der Waals surface area contributed by atoms with Crippen LogP contribution in [0.1, 0.15) is 52.4 Å². The first kappa shape index (κ1) is 19.7. The standard InChI is InChI=1S/C19H32N6O2/c1-4-6-13(2)27-18-23-16(20)15-17(24-18)25(19(22-15)26-3)12-5-7-14-8-10-21-11-9-14/h13-14,21H,4-12H2,1-3H3,(H2,20,23,24). The van der Waals surface area contributed by atoms with E-state index in [1.54, 1.807) is 7.11 Å². The van der Waals surface area contributed by atoms with Gasteiger partial charge in [0.2, 0.25) is 0 Å². The maximum Gasteiger partial charge on any atom is 0.320 e. The summed E-state index contributed by atoms with van der Waals surface area (Å²) >= 11 is 0. The van der Waals surface area contributed by atoms with Crippen LogP contribution in [0.2, 0.25) is 0 Å². The Hall–Kier alpha value is -2.09. The second-order valence-corrected chi connectivity index (χ2v) is 7.37. The van der Waals surface area contributed by atoms with Gasteiger partial charge in [0.05, 0.1) is 13.2 Å². The van der Waals surface area contributed by atoms with Crippen LogP contribution in [0.25, 0.3) is 11.2 Å². The zero-order chi connectivity index (χ0) is 19.2. The van der Waals surface area contributed by atoms with Crippen molar-refractivity contribution >= 4 is 17.0 Å². The molecule has 3 rings (SSSR count). The number of hydrogen-bond acceptors (Lipinski definition) is 7. The molecule has 1 atom stereocenters. The van der Waals surface area contributed by atoms with Crippen molar-refractivity contribution in [3.05, 3.63) is 0 Å². The number of rotatable bonds is 9. The first-order chi connectivity index (χ1) is 13.1. The normalized spacial score (nSPS) is 16.6. The van der Waals surface area contributed by atoms with Crippen LogP contribution in [-0.2, 0) is 6.54 Å². The molecule has 0 bridgehead atoms. The third-order valence-corrected chi connectivity index (χ3v) is 5.20. The Balaban J connectivity index is 1.78. The Morgan fingerprint density at radius 2 is 2.04 bits per heavy atom. The van der Waals surface area contributed by atoms with Crippen LogP contribution in [0.15, 0.2) is 0 Å². The Kier molecular flexibility index (Phi) is 6.71. The largest absolute Gasteiger partial charge is 0.468 e. The average molecular weight is 377 g/mol. The van der Waals surface area contributed by atoms with E-state index < -0.39 is 0 Å². The number of nitrogens with one attached hydrogen (secondary N) is 1. The zero-order valence-corrected chi connectivity index (χ0v) is 16.7. The van der Waals surface area contributed by atoms with Crippen LogP contribution in [0, 0.1) is 5.92 Å². The van der Waals surface area contributed by atoms with Gasteiger partial charge in [0.15, 0.2) is 17.0 Å². The van der Waals surface area contributed by atoms with Crippen molar-refractivity contribution in [1.82, 2.24) is 24.8 Å². The summed E-state index contributed by atoms with van der Waals surface area (Å²) in [7, 11) is 1.62. The third kappa shape index (κ3) is 4.80. The van der Waals surface area contributed by atoms with Crippen LogP contribution in [-0.4, -0.2) is 45.8 Å². The Morgan fingerprint density at radius 1 is 1.26 bits per heavy atom. The number of imidazole rings is 1. The highest BCUT2D eigenvalue weighted by Crippen LogP contribution is 2.27. The molecule has 8 nitrogen and oxygen atoms in total. The summed E-state index contributed by atoms with van der Waals surface area (Å²) in [6.45, 7) is 7.19. The van der Waals surface area contributed by atoms with Gasteiger partial charge in [-0.3, -0.25) is 4.57 Å². The number of fused-ring (bicyclic) bond motifs is 1. The Bertz CT molecular complexity index is 741. The quantitative estimate of drug-likeness (QED) is 0.694. The number of nitrogen functional groups attached to an aromatic ring is 1. The lowest BCUT2D eigenvalue weighted by Gasteiger charge is -2.22. The number of methoxy groups -OCH3 is 1. The number of hydrogen-bond donors (Lipinski definition) is 2. The van der Waals surface area contributed by atoms with E-state index in [9.17, 15) is 0 Å². The zero-order valence-electron chi connectivity index (χ0n) is 16.7. The molecule has 0 spiro atoms. The van der Waals surface area contributed by atoms with Crippen LogP contribution < -0.4 is 20.5 Å². The highest BCUT2D eigenvalue weighted by Gasteiger charge is 2.19. The van der Waals surface area contributed by atoms with E-state index in [0.29, 0.717) is 29.0 Å². The van der Waals surface area contributed by atoms with E-state index >= 15 is 0 Å². The van der Waals surface area contributed by atoms with E-state index in [1.165, 1.54) is 19.3 Å². The average Bonchev–Trinajstić information content (AvgIpc) is 3.01. The number of nitrogens with two attached hydrogens (primary N) is 1. The molecule has 2 aromatic heterocycles. The highest BCUT2D eigenvalue weighted by atomic mass is 16.5. The van der Waals surface area contributed by atoms with Gasteiger partial charge in [0.1, 0.15) is 0 Å². The summed E-state index contributed by atoms with van der Waals surface area (Å²) in [5.74, 6) is 1.12. The molecule has 1 fully saturated rings. The van der Waals surface area contributed by atoms with Crippen molar-refractivity contribution in [1.29, 1.82) is 0 Å². The SMILES string of the molecule is CCCC(C)Oc1nc(N)c2nc(OC)n(CCCC3CCNCC3)c2n1. The second kappa shape index (κ2) is 9.21. The van der Waals surface area contributed by atoms with Gasteiger partial charge in [0.25, 0.3) is 6.01 Å². The Labute approximate surface area is 160 Å². The predicted octanol–water partition coefficient (Wildman–Crippen LogP) is 2.76. The van der Waals surface area contributed by atoms with E-state index in [4.69, 9.17) is 15.2 Å². The summed E-state index contributed by atoms with van der Waals surface area (Å²) in [5.41, 5.74) is 7.38. The number of aryl methyl sites for hydroxylation is 1. The second-order valence-electron chi connectivity index (χ2n) is 7.37. The van der Waals surface area contributed by atoms with Crippen molar-refractivity contribution in [2.45, 2.75) is 65.0 Å². The van der Waals surface area contributed by atoms with Crippen LogP contribution in [0.3, 0.4) is 0 Å². The van der Waals surface area contributed by atoms with E-state index in [0.717, 1.165) is 44.8 Å². The minimum Gasteiger partial charge on any atom is -0.468 e. The summed E-state index contributed by atoms with van der Waals surface area (Å²) in [6, 6.07) is 0.832. The molecule has 0 aromatic carbocycles. The number of nitrogens with zero attached hydrogens (tertiary/aromatic N) is 4. The number of ether oxygens (including phenoxy) is 2. The van der Waals surface area contributed by atoms with Gasteiger partial charge >= 0.3 is 6.01 Å². The van der Waals surface area contributed by atoms with Crippen molar-refractivity contribution in [2.75, 3.05) is 25.9 Å². The molecule has 3 N–H and O–H groups in total. The summed E-state index contributed by atoms with van der Waals surface area (Å²) in [4.78, 5) is 13.3. The first-order valence-electron chi connectivity index (χ1n) is 10.1. The molecule has 1 aliphatic rings. The highest BCUT2D eigenvalue weighted by molar-refractivity contribution is 5.83. The molecule has 8 heteroatoms. The Morgan fingerprint density at radius 3 is 2.74 bits per heavy atom. The third-order valence-electron chi connectivity index (χ3n) is 5.20. The van der Waals surface area contributed by atoms with Crippen LogP contribution in [0.5, 0.6) is 12.0 Å². The minimum atomic E-state index is 0.0463. The maximum absolute atomic E-state index is 6.12. The molecule has 0 saturated carbocycles. The molecular weight excluding hydrogens is 344 g/mol. The monoisotopic (exact) mass is 376 g/mol. The van der Waals surface area contributed by atoms with Gasteiger partial charge in [0, 0.05) is 6.54 Å². The van der Waals surface area contributed by atoms with Crippen molar-refractivity contribution < 1.29 is 9.47 Å². The lowest BCUT2D eigenvalue weighted by molar-refractivity contribution is 0.193. The fraction of sp³-hybridized carbons (Fsp3) is 0.737. The fourth-order valence-corrected chi connectivity index (χ4v) is 3.75. The number of aromatic nitrogens is 4. The van der Waals surface area contributed by atoms with Gasteiger partial charge < -0.3 is 20.5 Å². The molecule has 1 unspecified atom stereocenters. The van der Waals surface area contributed by atoms with Gasteiger partial charge in [-0.2, -0.15) is 15.0 Å². The molecule has 0 aliphatic carbocycles. The van der Waals surface area contributed by atoms with Gasteiger partial charge in [-0.05, 0) is 58.0 Å². The number of piperidine rings is 1. The molecule has 1 saturated heterocycles. The van der Waals surface area contributed by atoms with Crippen LogP contribution in [0.4, 0.5) is 5.82 Å². The van der Waals surface area contributed by atoms with Crippen molar-refractivity contribution in [3.63, 3.8) is 0 Å². The molecule has 3 heterocycles. The lowest BCUT2D eigenvalue weighted by atomic mass is 9.93. The smallest absolute Gasteiger partial charge is 0.320 e. The van der Waals surface area contributed by atoms with Gasteiger partial charge in [-0.25, -0.2) is 0 Å². The molecule has 0 amide bonds. The molecule has 2 aromatic rings. The van der Waals surface area contributed by atoms with Crippen molar-refractivity contribution in [2.24, 2.45) is 5.92 Å².